The topological polar surface area (TPSA) is 33.6 Å². The summed E-state index contributed by atoms with van der Waals surface area (Å²) in [5.41, 5.74) is 2.26. The molecule has 1 aromatic rings. The lowest BCUT2D eigenvalue weighted by atomic mass is 9.80. The van der Waals surface area contributed by atoms with E-state index in [1.807, 2.05) is 19.9 Å². The summed E-state index contributed by atoms with van der Waals surface area (Å²) in [5.74, 6) is 0.0450. The van der Waals surface area contributed by atoms with E-state index in [9.17, 15) is 4.39 Å². The summed E-state index contributed by atoms with van der Waals surface area (Å²) >= 11 is 0. The van der Waals surface area contributed by atoms with Gasteiger partial charge in [-0.2, -0.15) is 0 Å². The second-order valence-electron chi connectivity index (χ2n) is 7.97. The van der Waals surface area contributed by atoms with Crippen LogP contribution < -0.4 is 5.32 Å². The maximum Gasteiger partial charge on any atom is 0.290 e. The molecule has 0 saturated heterocycles. The number of hydrogen-bond acceptors (Lipinski definition) is 3. The van der Waals surface area contributed by atoms with Gasteiger partial charge in [-0.1, -0.05) is 34.6 Å². The van der Waals surface area contributed by atoms with Crippen LogP contribution in [0.5, 0.6) is 0 Å². The van der Waals surface area contributed by atoms with E-state index in [-0.39, 0.29) is 16.8 Å². The zero-order valence-corrected chi connectivity index (χ0v) is 14.7. The van der Waals surface area contributed by atoms with E-state index in [4.69, 9.17) is 4.74 Å². The van der Waals surface area contributed by atoms with E-state index >= 15 is 0 Å². The Hall–Kier alpha value is -1.58. The molecule has 122 valence electrons. The first kappa shape index (κ1) is 16.8. The minimum atomic E-state index is -0.273. The Balaban J connectivity index is 2.40. The van der Waals surface area contributed by atoms with Gasteiger partial charge in [0.25, 0.3) is 6.02 Å². The fraction of sp³-hybridized carbons (Fsp3) is 0.611. The average Bonchev–Trinajstić information content (AvgIpc) is 2.69. The van der Waals surface area contributed by atoms with E-state index < -0.39 is 0 Å². The van der Waals surface area contributed by atoms with Gasteiger partial charge in [-0.25, -0.2) is 9.38 Å². The van der Waals surface area contributed by atoms with Crippen molar-refractivity contribution in [3.05, 3.63) is 29.1 Å². The molecule has 1 N–H and O–H groups in total. The quantitative estimate of drug-likeness (QED) is 0.849. The van der Waals surface area contributed by atoms with Crippen molar-refractivity contribution in [3.63, 3.8) is 0 Å². The first-order valence-corrected chi connectivity index (χ1v) is 7.83. The van der Waals surface area contributed by atoms with Crippen LogP contribution in [0.3, 0.4) is 0 Å². The minimum absolute atomic E-state index is 0.0949. The predicted octanol–water partition coefficient (Wildman–Crippen LogP) is 4.82. The lowest BCUT2D eigenvalue weighted by Crippen LogP contribution is -2.18. The molecule has 0 fully saturated rings. The van der Waals surface area contributed by atoms with Crippen molar-refractivity contribution in [2.75, 3.05) is 11.9 Å². The van der Waals surface area contributed by atoms with Crippen molar-refractivity contribution in [2.45, 2.75) is 65.3 Å². The normalized spacial score (nSPS) is 17.4. The summed E-state index contributed by atoms with van der Waals surface area (Å²) in [4.78, 5) is 4.42. The lowest BCUT2D eigenvalue weighted by molar-refractivity contribution is 0.278. The fourth-order valence-corrected chi connectivity index (χ4v) is 2.58. The summed E-state index contributed by atoms with van der Waals surface area (Å²) in [6, 6.07) is 3.91. The molecule has 0 radical (unpaired) electrons. The Morgan fingerprint density at radius 2 is 1.91 bits per heavy atom. The van der Waals surface area contributed by atoms with Gasteiger partial charge in [-0.3, -0.25) is 0 Å². The van der Waals surface area contributed by atoms with Gasteiger partial charge in [-0.15, -0.1) is 0 Å². The van der Waals surface area contributed by atoms with Crippen LogP contribution >= 0.6 is 0 Å². The Kier molecular flexibility index (Phi) is 4.24. The molecule has 0 unspecified atom stereocenters. The van der Waals surface area contributed by atoms with E-state index in [1.54, 1.807) is 6.07 Å². The highest BCUT2D eigenvalue weighted by atomic mass is 19.1. The van der Waals surface area contributed by atoms with Crippen LogP contribution in [0.25, 0.3) is 0 Å². The first-order valence-electron chi connectivity index (χ1n) is 7.83. The molecule has 0 bridgehead atoms. The number of benzene rings is 1. The van der Waals surface area contributed by atoms with Crippen molar-refractivity contribution in [1.29, 1.82) is 0 Å². The number of halogens is 1. The van der Waals surface area contributed by atoms with Crippen LogP contribution in [0.15, 0.2) is 17.1 Å². The zero-order chi connectivity index (χ0) is 16.7. The molecular weight excluding hydrogens is 279 g/mol. The third kappa shape index (κ3) is 3.60. The molecular formula is C18H27FN2O. The van der Waals surface area contributed by atoms with E-state index in [2.05, 4.69) is 44.9 Å². The maximum atomic E-state index is 14.5. The first-order chi connectivity index (χ1) is 9.99. The summed E-state index contributed by atoms with van der Waals surface area (Å²) in [7, 11) is 0. The Bertz CT molecular complexity index is 598. The average molecular weight is 306 g/mol. The molecule has 22 heavy (non-hydrogen) atoms. The van der Waals surface area contributed by atoms with Gasteiger partial charge in [0.05, 0.1) is 11.2 Å². The highest BCUT2D eigenvalue weighted by Gasteiger charge is 2.28. The predicted molar refractivity (Wildman–Crippen MR) is 90.3 cm³/mol. The number of nitrogens with zero attached hydrogens (tertiary/aromatic N) is 1. The van der Waals surface area contributed by atoms with Gasteiger partial charge < -0.3 is 10.1 Å². The smallest absolute Gasteiger partial charge is 0.290 e. The van der Waals surface area contributed by atoms with Crippen LogP contribution in [0.4, 0.5) is 10.1 Å². The SMILES string of the molecule is CC(C)c1cc(NC2=NC(C)(C)CO2)c(F)cc1C(C)(C)C. The number of aliphatic imine (C=N–C) groups is 1. The molecule has 2 rings (SSSR count). The molecule has 0 amide bonds. The highest BCUT2D eigenvalue weighted by molar-refractivity contribution is 5.90. The molecule has 0 aromatic heterocycles. The lowest BCUT2D eigenvalue weighted by Gasteiger charge is -2.26. The molecule has 0 spiro atoms. The number of ether oxygens (including phenoxy) is 1. The van der Waals surface area contributed by atoms with Gasteiger partial charge in [0.2, 0.25) is 0 Å². The number of anilines is 1. The summed E-state index contributed by atoms with van der Waals surface area (Å²) in [5, 5.41) is 2.99. The monoisotopic (exact) mass is 306 g/mol. The largest absolute Gasteiger partial charge is 0.462 e. The van der Waals surface area contributed by atoms with Crippen LogP contribution in [0.2, 0.25) is 0 Å². The van der Waals surface area contributed by atoms with E-state index in [0.717, 1.165) is 11.1 Å². The number of amidine groups is 1. The fourth-order valence-electron chi connectivity index (χ4n) is 2.58. The van der Waals surface area contributed by atoms with Crippen LogP contribution in [-0.4, -0.2) is 18.2 Å². The van der Waals surface area contributed by atoms with Gasteiger partial charge >= 0.3 is 0 Å². The van der Waals surface area contributed by atoms with E-state index in [1.165, 1.54) is 0 Å². The molecule has 1 aliphatic rings. The van der Waals surface area contributed by atoms with Crippen LogP contribution in [0, 0.1) is 5.82 Å². The number of rotatable bonds is 2. The molecule has 3 nitrogen and oxygen atoms in total. The number of hydrogen-bond donors (Lipinski definition) is 1. The number of nitrogens with one attached hydrogen (secondary N) is 1. The van der Waals surface area contributed by atoms with Crippen LogP contribution in [-0.2, 0) is 10.2 Å². The van der Waals surface area contributed by atoms with Gasteiger partial charge in [0.15, 0.2) is 0 Å². The third-order valence-electron chi connectivity index (χ3n) is 3.78. The second-order valence-corrected chi connectivity index (χ2v) is 7.97. The van der Waals surface area contributed by atoms with Gasteiger partial charge in [0, 0.05) is 0 Å². The summed E-state index contributed by atoms with van der Waals surface area (Å²) in [6.45, 7) is 15.0. The van der Waals surface area contributed by atoms with Crippen LogP contribution in [0.1, 0.15) is 65.5 Å². The highest BCUT2D eigenvalue weighted by Crippen LogP contribution is 2.34. The van der Waals surface area contributed by atoms with Crippen molar-refractivity contribution >= 4 is 11.7 Å². The second kappa shape index (κ2) is 5.56. The molecule has 1 aliphatic heterocycles. The van der Waals surface area contributed by atoms with E-state index in [0.29, 0.717) is 24.2 Å². The Labute approximate surface area is 133 Å². The standard InChI is InChI=1S/C18H27FN2O/c1-11(2)12-8-15(14(19)9-13(12)17(3,4)5)20-16-21-18(6,7)10-22-16/h8-9,11H,10H2,1-7H3,(H,20,21). The molecule has 1 aromatic carbocycles. The molecule has 4 heteroatoms. The Morgan fingerprint density at radius 1 is 1.27 bits per heavy atom. The molecule has 0 aliphatic carbocycles. The Morgan fingerprint density at radius 3 is 2.36 bits per heavy atom. The zero-order valence-electron chi connectivity index (χ0n) is 14.7. The van der Waals surface area contributed by atoms with Crippen molar-refractivity contribution in [1.82, 2.24) is 0 Å². The van der Waals surface area contributed by atoms with Crippen molar-refractivity contribution in [2.24, 2.45) is 4.99 Å². The molecule has 0 saturated carbocycles. The van der Waals surface area contributed by atoms with Crippen molar-refractivity contribution < 1.29 is 9.13 Å². The summed E-state index contributed by atoms with van der Waals surface area (Å²) < 4.78 is 20.0. The van der Waals surface area contributed by atoms with Gasteiger partial charge in [-0.05, 0) is 48.4 Å². The maximum absolute atomic E-state index is 14.5. The summed E-state index contributed by atoms with van der Waals surface area (Å²) in [6.07, 6.45) is 0. The molecule has 1 heterocycles. The van der Waals surface area contributed by atoms with Crippen molar-refractivity contribution in [3.8, 4) is 0 Å². The third-order valence-corrected chi connectivity index (χ3v) is 3.78. The molecule has 0 atom stereocenters. The minimum Gasteiger partial charge on any atom is -0.462 e. The van der Waals surface area contributed by atoms with Gasteiger partial charge in [0.1, 0.15) is 12.4 Å².